The van der Waals surface area contributed by atoms with Crippen LogP contribution >= 0.6 is 0 Å². The number of nitriles is 1. The molecular weight excluding hydrogens is 264 g/mol. The van der Waals surface area contributed by atoms with Gasteiger partial charge in [-0.15, -0.1) is 0 Å². The first kappa shape index (κ1) is 14.8. The van der Waals surface area contributed by atoms with E-state index in [1.807, 2.05) is 24.3 Å². The average Bonchev–Trinajstić information content (AvgIpc) is 2.51. The van der Waals surface area contributed by atoms with E-state index in [0.29, 0.717) is 12.2 Å². The first-order valence-electron chi connectivity index (χ1n) is 6.82. The van der Waals surface area contributed by atoms with Crippen molar-refractivity contribution in [2.24, 2.45) is 5.84 Å². The summed E-state index contributed by atoms with van der Waals surface area (Å²) >= 11 is 0. The Hall–Kier alpha value is -2.65. The molecule has 0 aliphatic heterocycles. The standard InChI is InChI=1S/C15H18N6/c1-2-3-13-14(18-10-19-15(13)21-17)20-12-6-4-11(5-7-12)8-9-16/h4-7,10H,2-3,8,17H2,1H3,(H2,18,19,20,21). The maximum atomic E-state index is 8.68. The van der Waals surface area contributed by atoms with Crippen molar-refractivity contribution in [2.45, 2.75) is 26.2 Å². The average molecular weight is 282 g/mol. The van der Waals surface area contributed by atoms with Gasteiger partial charge in [0.1, 0.15) is 18.0 Å². The minimum absolute atomic E-state index is 0.413. The van der Waals surface area contributed by atoms with Crippen LogP contribution in [-0.4, -0.2) is 9.97 Å². The van der Waals surface area contributed by atoms with Gasteiger partial charge in [0.05, 0.1) is 12.5 Å². The number of rotatable bonds is 6. The van der Waals surface area contributed by atoms with Crippen molar-refractivity contribution < 1.29 is 0 Å². The zero-order valence-corrected chi connectivity index (χ0v) is 11.9. The fraction of sp³-hybridized carbons (Fsp3) is 0.267. The summed E-state index contributed by atoms with van der Waals surface area (Å²) < 4.78 is 0. The minimum Gasteiger partial charge on any atom is -0.340 e. The van der Waals surface area contributed by atoms with E-state index in [4.69, 9.17) is 11.1 Å². The second kappa shape index (κ2) is 7.22. The molecule has 1 aromatic carbocycles. The molecule has 0 atom stereocenters. The van der Waals surface area contributed by atoms with Gasteiger partial charge >= 0.3 is 0 Å². The van der Waals surface area contributed by atoms with Crippen LogP contribution in [0.25, 0.3) is 0 Å². The Balaban J connectivity index is 2.24. The van der Waals surface area contributed by atoms with Crippen molar-refractivity contribution >= 4 is 17.3 Å². The number of hydrogen-bond donors (Lipinski definition) is 3. The SMILES string of the molecule is CCCc1c(NN)ncnc1Nc1ccc(CC#N)cc1. The molecular formula is C15H18N6. The molecule has 0 saturated heterocycles. The molecule has 4 N–H and O–H groups in total. The summed E-state index contributed by atoms with van der Waals surface area (Å²) in [6.45, 7) is 2.09. The van der Waals surface area contributed by atoms with Crippen molar-refractivity contribution in [2.75, 3.05) is 10.7 Å². The van der Waals surface area contributed by atoms with Crippen molar-refractivity contribution in [1.29, 1.82) is 5.26 Å². The Morgan fingerprint density at radius 2 is 1.90 bits per heavy atom. The van der Waals surface area contributed by atoms with E-state index in [9.17, 15) is 0 Å². The van der Waals surface area contributed by atoms with E-state index in [2.05, 4.69) is 33.7 Å². The number of nitrogens with zero attached hydrogens (tertiary/aromatic N) is 3. The maximum Gasteiger partial charge on any atom is 0.148 e. The van der Waals surface area contributed by atoms with Crippen LogP contribution in [0.4, 0.5) is 17.3 Å². The minimum atomic E-state index is 0.413. The monoisotopic (exact) mass is 282 g/mol. The van der Waals surface area contributed by atoms with Crippen LogP contribution in [0.5, 0.6) is 0 Å². The Bertz CT molecular complexity index is 630. The van der Waals surface area contributed by atoms with E-state index in [1.165, 1.54) is 6.33 Å². The topological polar surface area (TPSA) is 99.7 Å². The predicted molar refractivity (Wildman–Crippen MR) is 82.9 cm³/mol. The fourth-order valence-corrected chi connectivity index (χ4v) is 2.07. The first-order valence-corrected chi connectivity index (χ1v) is 6.82. The molecule has 0 spiro atoms. The summed E-state index contributed by atoms with van der Waals surface area (Å²) in [6.07, 6.45) is 3.68. The molecule has 0 saturated carbocycles. The summed E-state index contributed by atoms with van der Waals surface area (Å²) in [5.41, 5.74) is 5.47. The summed E-state index contributed by atoms with van der Waals surface area (Å²) in [6, 6.07) is 9.84. The Kier molecular flexibility index (Phi) is 5.07. The molecule has 6 heteroatoms. The van der Waals surface area contributed by atoms with Crippen molar-refractivity contribution in [3.05, 3.63) is 41.7 Å². The van der Waals surface area contributed by atoms with Gasteiger partial charge in [0, 0.05) is 11.3 Å². The van der Waals surface area contributed by atoms with Gasteiger partial charge in [-0.25, -0.2) is 15.8 Å². The zero-order valence-electron chi connectivity index (χ0n) is 11.9. The molecule has 1 heterocycles. The number of hydrazine groups is 1. The maximum absolute atomic E-state index is 8.68. The molecule has 108 valence electrons. The van der Waals surface area contributed by atoms with Crippen molar-refractivity contribution in [1.82, 2.24) is 9.97 Å². The van der Waals surface area contributed by atoms with Crippen LogP contribution < -0.4 is 16.6 Å². The molecule has 1 aromatic heterocycles. The second-order valence-corrected chi connectivity index (χ2v) is 4.60. The third-order valence-corrected chi connectivity index (χ3v) is 3.08. The lowest BCUT2D eigenvalue weighted by molar-refractivity contribution is 0.903. The summed E-state index contributed by atoms with van der Waals surface area (Å²) in [5.74, 6) is 6.88. The third kappa shape index (κ3) is 3.68. The van der Waals surface area contributed by atoms with Crippen molar-refractivity contribution in [3.63, 3.8) is 0 Å². The van der Waals surface area contributed by atoms with Crippen LogP contribution in [0, 0.1) is 11.3 Å². The molecule has 0 radical (unpaired) electrons. The number of aromatic nitrogens is 2. The molecule has 6 nitrogen and oxygen atoms in total. The molecule has 0 aliphatic rings. The highest BCUT2D eigenvalue weighted by atomic mass is 15.3. The van der Waals surface area contributed by atoms with Gasteiger partial charge in [0.15, 0.2) is 0 Å². The molecule has 2 rings (SSSR count). The number of benzene rings is 1. The molecule has 0 amide bonds. The number of hydrogen-bond acceptors (Lipinski definition) is 6. The van der Waals surface area contributed by atoms with Gasteiger partial charge in [0.2, 0.25) is 0 Å². The highest BCUT2D eigenvalue weighted by Crippen LogP contribution is 2.24. The van der Waals surface area contributed by atoms with E-state index in [-0.39, 0.29) is 0 Å². The highest BCUT2D eigenvalue weighted by Gasteiger charge is 2.10. The predicted octanol–water partition coefficient (Wildman–Crippen LogP) is 2.52. The summed E-state index contributed by atoms with van der Waals surface area (Å²) in [7, 11) is 0. The van der Waals surface area contributed by atoms with E-state index < -0.39 is 0 Å². The van der Waals surface area contributed by atoms with Crippen LogP contribution in [-0.2, 0) is 12.8 Å². The van der Waals surface area contributed by atoms with E-state index >= 15 is 0 Å². The van der Waals surface area contributed by atoms with Crippen LogP contribution in [0.2, 0.25) is 0 Å². The third-order valence-electron chi connectivity index (χ3n) is 3.08. The molecule has 0 aliphatic carbocycles. The van der Waals surface area contributed by atoms with E-state index in [0.717, 1.165) is 35.5 Å². The lowest BCUT2D eigenvalue weighted by Crippen LogP contribution is -2.13. The number of nitrogens with two attached hydrogens (primary N) is 1. The molecule has 0 bridgehead atoms. The van der Waals surface area contributed by atoms with Crippen LogP contribution in [0.1, 0.15) is 24.5 Å². The lowest BCUT2D eigenvalue weighted by Gasteiger charge is -2.13. The zero-order chi connectivity index (χ0) is 15.1. The highest BCUT2D eigenvalue weighted by molar-refractivity contribution is 5.64. The summed E-state index contributed by atoms with van der Waals surface area (Å²) in [4.78, 5) is 8.42. The lowest BCUT2D eigenvalue weighted by atomic mass is 10.1. The first-order chi connectivity index (χ1) is 10.3. The molecule has 21 heavy (non-hydrogen) atoms. The smallest absolute Gasteiger partial charge is 0.148 e. The Labute approximate surface area is 124 Å². The number of anilines is 3. The van der Waals surface area contributed by atoms with Gasteiger partial charge < -0.3 is 10.7 Å². The van der Waals surface area contributed by atoms with Gasteiger partial charge in [-0.05, 0) is 24.1 Å². The normalized spacial score (nSPS) is 9.95. The second-order valence-electron chi connectivity index (χ2n) is 4.60. The quantitative estimate of drug-likeness (QED) is 0.556. The number of nitrogen functional groups attached to an aromatic ring is 1. The molecule has 0 fully saturated rings. The van der Waals surface area contributed by atoms with Gasteiger partial charge in [0.25, 0.3) is 0 Å². The Morgan fingerprint density at radius 3 is 2.52 bits per heavy atom. The summed E-state index contributed by atoms with van der Waals surface area (Å²) in [5, 5.41) is 11.9. The van der Waals surface area contributed by atoms with Gasteiger partial charge in [-0.2, -0.15) is 5.26 Å². The molecule has 2 aromatic rings. The van der Waals surface area contributed by atoms with Crippen LogP contribution in [0.15, 0.2) is 30.6 Å². The van der Waals surface area contributed by atoms with E-state index in [1.54, 1.807) is 0 Å². The van der Waals surface area contributed by atoms with Gasteiger partial charge in [-0.1, -0.05) is 25.5 Å². The number of nitrogens with one attached hydrogen (secondary N) is 2. The Morgan fingerprint density at radius 1 is 1.19 bits per heavy atom. The molecule has 0 unspecified atom stereocenters. The van der Waals surface area contributed by atoms with Crippen molar-refractivity contribution in [3.8, 4) is 6.07 Å². The fourth-order valence-electron chi connectivity index (χ4n) is 2.07. The van der Waals surface area contributed by atoms with Gasteiger partial charge in [-0.3, -0.25) is 0 Å². The largest absolute Gasteiger partial charge is 0.340 e. The van der Waals surface area contributed by atoms with Crippen LogP contribution in [0.3, 0.4) is 0 Å².